The number of nitrogens with zero attached hydrogens (tertiary/aromatic N) is 5. The maximum Gasteiger partial charge on any atom is 0.254 e. The van der Waals surface area contributed by atoms with Gasteiger partial charge in [-0.25, -0.2) is 4.98 Å². The maximum absolute atomic E-state index is 14.1. The van der Waals surface area contributed by atoms with Crippen LogP contribution in [-0.4, -0.2) is 106 Å². The Morgan fingerprint density at radius 2 is 1.41 bits per heavy atom. The quantitative estimate of drug-likeness (QED) is 0.272. The van der Waals surface area contributed by atoms with E-state index in [-0.39, 0.29) is 23.6 Å². The number of aromatic nitrogens is 2. The zero-order valence-electron chi connectivity index (χ0n) is 28.7. The molecule has 4 aromatic rings. The second kappa shape index (κ2) is 14.0. The number of hydrogen-bond acceptors (Lipinski definition) is 5. The fourth-order valence-corrected chi connectivity index (χ4v) is 8.03. The molecule has 3 aliphatic heterocycles. The lowest BCUT2D eigenvalue weighted by Gasteiger charge is -2.43. The number of carbonyl (C=O) groups excluding carboxylic acids is 3. The van der Waals surface area contributed by atoms with Crippen LogP contribution in [0.1, 0.15) is 54.2 Å². The van der Waals surface area contributed by atoms with Crippen molar-refractivity contribution in [1.29, 1.82) is 0 Å². The topological polar surface area (TPSA) is 92.9 Å². The largest absolute Gasteiger partial charge is 0.358 e. The molecule has 0 aliphatic carbocycles. The first-order valence-electron chi connectivity index (χ1n) is 17.6. The molecule has 0 unspecified atom stereocenters. The minimum absolute atomic E-state index is 0.0116. The number of halogens is 1. The predicted octanol–water partition coefficient (Wildman–Crippen LogP) is 6.17. The van der Waals surface area contributed by atoms with Gasteiger partial charge in [-0.1, -0.05) is 29.8 Å². The molecule has 3 aliphatic rings. The molecular weight excluding hydrogens is 636 g/mol. The number of rotatable bonds is 5. The summed E-state index contributed by atoms with van der Waals surface area (Å²) in [6, 6.07) is 18.1. The molecule has 0 saturated carbocycles. The van der Waals surface area contributed by atoms with E-state index in [1.54, 1.807) is 6.92 Å². The standard InChI is InChI=1S/C39H45ClN6O3/c1-25-26(2)41-35-8-7-30(22-34(25)35)37-24-31(23-36(42-37)29-5-4-6-32(40)21-29)39(49)46-19-17-44(18-20-46)33-11-15-45(16-12-33)38(48)28-9-13-43(14-10-28)27(3)47/h4-8,21-24,28,33,41H,9-20H2,1-3H3. The van der Waals surface area contributed by atoms with Crippen molar-refractivity contribution < 1.29 is 14.4 Å². The van der Waals surface area contributed by atoms with Crippen molar-refractivity contribution >= 4 is 40.2 Å². The van der Waals surface area contributed by atoms with E-state index in [1.165, 1.54) is 5.56 Å². The number of nitrogens with one attached hydrogen (secondary N) is 1. The molecule has 49 heavy (non-hydrogen) atoms. The van der Waals surface area contributed by atoms with Gasteiger partial charge in [-0.3, -0.25) is 19.3 Å². The third-order valence-electron chi connectivity index (χ3n) is 11.0. The summed E-state index contributed by atoms with van der Waals surface area (Å²) in [5, 5.41) is 1.78. The summed E-state index contributed by atoms with van der Waals surface area (Å²) in [7, 11) is 0. The van der Waals surface area contributed by atoms with Gasteiger partial charge in [0.15, 0.2) is 0 Å². The van der Waals surface area contributed by atoms with Crippen LogP contribution in [0.3, 0.4) is 0 Å². The van der Waals surface area contributed by atoms with Crippen LogP contribution in [0.25, 0.3) is 33.4 Å². The molecule has 7 rings (SSSR count). The molecule has 10 heteroatoms. The van der Waals surface area contributed by atoms with Crippen molar-refractivity contribution in [2.24, 2.45) is 5.92 Å². The Hall–Kier alpha value is -4.21. The Morgan fingerprint density at radius 1 is 0.755 bits per heavy atom. The third-order valence-corrected chi connectivity index (χ3v) is 11.2. The molecule has 3 saturated heterocycles. The molecule has 9 nitrogen and oxygen atoms in total. The van der Waals surface area contributed by atoms with Crippen LogP contribution in [0.5, 0.6) is 0 Å². The van der Waals surface area contributed by atoms with Gasteiger partial charge in [-0.2, -0.15) is 0 Å². The monoisotopic (exact) mass is 680 g/mol. The second-order valence-corrected chi connectivity index (χ2v) is 14.4. The van der Waals surface area contributed by atoms with Gasteiger partial charge in [0, 0.05) is 110 Å². The van der Waals surface area contributed by atoms with Gasteiger partial charge in [0.2, 0.25) is 11.8 Å². The number of amides is 3. The number of aromatic amines is 1. The highest BCUT2D eigenvalue weighted by atomic mass is 35.5. The molecule has 2 aromatic carbocycles. The highest BCUT2D eigenvalue weighted by Crippen LogP contribution is 2.31. The number of aryl methyl sites for hydroxylation is 2. The van der Waals surface area contributed by atoms with Crippen LogP contribution in [0.15, 0.2) is 54.6 Å². The summed E-state index contributed by atoms with van der Waals surface area (Å²) >= 11 is 6.37. The minimum atomic E-state index is 0.0116. The molecule has 1 N–H and O–H groups in total. The van der Waals surface area contributed by atoms with Crippen LogP contribution >= 0.6 is 11.6 Å². The number of benzene rings is 2. The van der Waals surface area contributed by atoms with Gasteiger partial charge in [-0.15, -0.1) is 0 Å². The van der Waals surface area contributed by atoms with Gasteiger partial charge < -0.3 is 19.7 Å². The molecule has 0 spiro atoms. The first-order chi connectivity index (χ1) is 23.6. The number of piperazine rings is 1. The average molecular weight is 681 g/mol. The van der Waals surface area contributed by atoms with E-state index in [2.05, 4.69) is 41.9 Å². The third kappa shape index (κ3) is 6.96. The van der Waals surface area contributed by atoms with Crippen LogP contribution in [0.4, 0.5) is 0 Å². The summed E-state index contributed by atoms with van der Waals surface area (Å²) in [6.07, 6.45) is 3.42. The van der Waals surface area contributed by atoms with E-state index in [9.17, 15) is 14.4 Å². The molecule has 3 amide bonds. The van der Waals surface area contributed by atoms with E-state index >= 15 is 0 Å². The van der Waals surface area contributed by atoms with Crippen molar-refractivity contribution in [3.05, 3.63) is 76.4 Å². The molecular formula is C39H45ClN6O3. The molecule has 0 radical (unpaired) electrons. The van der Waals surface area contributed by atoms with E-state index in [4.69, 9.17) is 16.6 Å². The summed E-state index contributed by atoms with van der Waals surface area (Å²) < 4.78 is 0. The normalized spacial score (nSPS) is 18.3. The number of H-pyrrole nitrogens is 1. The maximum atomic E-state index is 14.1. The number of hydrogen-bond donors (Lipinski definition) is 1. The summed E-state index contributed by atoms with van der Waals surface area (Å²) in [4.78, 5) is 55.8. The first kappa shape index (κ1) is 33.3. The smallest absolute Gasteiger partial charge is 0.254 e. The highest BCUT2D eigenvalue weighted by Gasteiger charge is 2.34. The fraction of sp³-hybridized carbons (Fsp3) is 0.436. The average Bonchev–Trinajstić information content (AvgIpc) is 3.42. The molecule has 0 bridgehead atoms. The van der Waals surface area contributed by atoms with E-state index in [0.717, 1.165) is 91.0 Å². The van der Waals surface area contributed by atoms with Gasteiger partial charge in [0.1, 0.15) is 0 Å². The van der Waals surface area contributed by atoms with Gasteiger partial charge in [-0.05, 0) is 81.5 Å². The Morgan fingerprint density at radius 3 is 2.06 bits per heavy atom. The fourth-order valence-electron chi connectivity index (χ4n) is 7.84. The lowest BCUT2D eigenvalue weighted by Crippen LogP contribution is -2.55. The second-order valence-electron chi connectivity index (χ2n) is 13.9. The molecule has 0 atom stereocenters. The zero-order valence-corrected chi connectivity index (χ0v) is 29.4. The van der Waals surface area contributed by atoms with Gasteiger partial charge >= 0.3 is 0 Å². The van der Waals surface area contributed by atoms with Crippen molar-refractivity contribution in [3.8, 4) is 22.5 Å². The number of piperidine rings is 2. The zero-order chi connectivity index (χ0) is 34.2. The Kier molecular flexibility index (Phi) is 9.48. The number of pyridine rings is 1. The van der Waals surface area contributed by atoms with E-state index in [1.807, 2.05) is 51.1 Å². The van der Waals surface area contributed by atoms with E-state index in [0.29, 0.717) is 42.8 Å². The Labute approximate surface area is 293 Å². The van der Waals surface area contributed by atoms with E-state index < -0.39 is 0 Å². The lowest BCUT2D eigenvalue weighted by molar-refractivity contribution is -0.141. The van der Waals surface area contributed by atoms with Crippen LogP contribution < -0.4 is 0 Å². The molecule has 5 heterocycles. The highest BCUT2D eigenvalue weighted by molar-refractivity contribution is 6.30. The first-order valence-corrected chi connectivity index (χ1v) is 18.0. The molecule has 2 aromatic heterocycles. The van der Waals surface area contributed by atoms with Crippen molar-refractivity contribution in [3.63, 3.8) is 0 Å². The Bertz CT molecular complexity index is 1880. The number of carbonyl (C=O) groups is 3. The minimum Gasteiger partial charge on any atom is -0.358 e. The summed E-state index contributed by atoms with van der Waals surface area (Å²) in [5.41, 5.74) is 7.36. The number of likely N-dealkylation sites (tertiary alicyclic amines) is 2. The lowest BCUT2D eigenvalue weighted by atomic mass is 9.93. The molecule has 3 fully saturated rings. The Balaban J connectivity index is 1.02. The van der Waals surface area contributed by atoms with Gasteiger partial charge in [0.05, 0.1) is 11.4 Å². The van der Waals surface area contributed by atoms with Crippen molar-refractivity contribution in [2.45, 2.75) is 52.5 Å². The number of fused-ring (bicyclic) bond motifs is 1. The van der Waals surface area contributed by atoms with Crippen LogP contribution in [0, 0.1) is 19.8 Å². The van der Waals surface area contributed by atoms with Crippen LogP contribution in [-0.2, 0) is 9.59 Å². The van der Waals surface area contributed by atoms with Crippen LogP contribution in [0.2, 0.25) is 5.02 Å². The molecule has 256 valence electrons. The van der Waals surface area contributed by atoms with Gasteiger partial charge in [0.25, 0.3) is 5.91 Å². The van der Waals surface area contributed by atoms with Crippen molar-refractivity contribution in [2.75, 3.05) is 52.4 Å². The predicted molar refractivity (Wildman–Crippen MR) is 194 cm³/mol. The van der Waals surface area contributed by atoms with Crippen molar-refractivity contribution in [1.82, 2.24) is 29.6 Å². The summed E-state index contributed by atoms with van der Waals surface area (Å²) in [5.74, 6) is 0.387. The summed E-state index contributed by atoms with van der Waals surface area (Å²) in [6.45, 7) is 11.6. The SMILES string of the molecule is CC(=O)N1CCC(C(=O)N2CCC(N3CCN(C(=O)c4cc(-c5cccc(Cl)c5)nc(-c5ccc6[nH]c(C)c(C)c6c5)c4)CC3)CC2)CC1.